The molecule has 0 bridgehead atoms. The third-order valence-electron chi connectivity index (χ3n) is 4.13. The number of nitro groups is 1. The molecule has 0 aliphatic carbocycles. The maximum absolute atomic E-state index is 12.3. The third kappa shape index (κ3) is 3.42. The van der Waals surface area contributed by atoms with Crippen LogP contribution in [0.1, 0.15) is 25.3 Å². The highest BCUT2D eigenvalue weighted by molar-refractivity contribution is 6.06. The summed E-state index contributed by atoms with van der Waals surface area (Å²) in [4.78, 5) is 39.5. The molecule has 0 fully saturated rings. The van der Waals surface area contributed by atoms with Crippen molar-refractivity contribution in [2.24, 2.45) is 10.9 Å². The van der Waals surface area contributed by atoms with Gasteiger partial charge in [0.25, 0.3) is 5.69 Å². The number of nitrogens with zero attached hydrogens (tertiary/aromatic N) is 2. The Morgan fingerprint density at radius 2 is 1.88 bits per heavy atom. The van der Waals surface area contributed by atoms with E-state index >= 15 is 0 Å². The fraction of sp³-hybridized carbons (Fsp3) is 0.353. The van der Waals surface area contributed by atoms with Crippen LogP contribution in [0.2, 0.25) is 0 Å². The van der Waals surface area contributed by atoms with Gasteiger partial charge in [0.1, 0.15) is 5.92 Å². The van der Waals surface area contributed by atoms with E-state index in [-0.39, 0.29) is 11.3 Å². The van der Waals surface area contributed by atoms with Crippen molar-refractivity contribution in [3.8, 4) is 0 Å². The van der Waals surface area contributed by atoms with Gasteiger partial charge in [-0.2, -0.15) is 0 Å². The van der Waals surface area contributed by atoms with E-state index in [1.165, 1.54) is 32.4 Å². The van der Waals surface area contributed by atoms with Crippen molar-refractivity contribution in [1.82, 2.24) is 0 Å². The van der Waals surface area contributed by atoms with Gasteiger partial charge >= 0.3 is 11.9 Å². The van der Waals surface area contributed by atoms with Gasteiger partial charge in [-0.3, -0.25) is 19.9 Å². The minimum absolute atomic E-state index is 0.136. The van der Waals surface area contributed by atoms with Gasteiger partial charge in [-0.15, -0.1) is 0 Å². The molecule has 8 nitrogen and oxygen atoms in total. The Kier molecular flexibility index (Phi) is 5.31. The first-order valence-electron chi connectivity index (χ1n) is 7.48. The predicted molar refractivity (Wildman–Crippen MR) is 89.2 cm³/mol. The number of esters is 2. The number of hydrogen-bond acceptors (Lipinski definition) is 7. The molecule has 1 aromatic carbocycles. The van der Waals surface area contributed by atoms with E-state index in [9.17, 15) is 19.7 Å². The molecule has 2 rings (SSSR count). The highest BCUT2D eigenvalue weighted by Gasteiger charge is 2.42. The van der Waals surface area contributed by atoms with Crippen molar-refractivity contribution in [2.75, 3.05) is 14.2 Å². The van der Waals surface area contributed by atoms with E-state index in [2.05, 4.69) is 4.99 Å². The summed E-state index contributed by atoms with van der Waals surface area (Å²) < 4.78 is 9.69. The molecule has 8 heteroatoms. The molecule has 1 aliphatic rings. The Labute approximate surface area is 144 Å². The molecule has 0 aromatic heterocycles. The zero-order valence-corrected chi connectivity index (χ0v) is 14.3. The van der Waals surface area contributed by atoms with Crippen molar-refractivity contribution in [1.29, 1.82) is 0 Å². The summed E-state index contributed by atoms with van der Waals surface area (Å²) in [6, 6.07) is 5.82. The van der Waals surface area contributed by atoms with Crippen LogP contribution in [-0.2, 0) is 19.1 Å². The van der Waals surface area contributed by atoms with E-state index in [0.29, 0.717) is 17.0 Å². The molecule has 132 valence electrons. The summed E-state index contributed by atoms with van der Waals surface area (Å²) in [5.74, 6) is -2.87. The van der Waals surface area contributed by atoms with Gasteiger partial charge in [0, 0.05) is 29.5 Å². The van der Waals surface area contributed by atoms with Crippen LogP contribution in [0.15, 0.2) is 40.5 Å². The maximum atomic E-state index is 12.3. The van der Waals surface area contributed by atoms with E-state index in [4.69, 9.17) is 9.47 Å². The fourth-order valence-electron chi connectivity index (χ4n) is 3.04. The first kappa shape index (κ1) is 18.3. The number of aliphatic imine (C=N–C) groups is 1. The van der Waals surface area contributed by atoms with E-state index in [1.807, 2.05) is 0 Å². The lowest BCUT2D eigenvalue weighted by Crippen LogP contribution is -2.36. The molecule has 1 unspecified atom stereocenters. The first-order valence-corrected chi connectivity index (χ1v) is 7.48. The van der Waals surface area contributed by atoms with E-state index < -0.39 is 28.7 Å². The zero-order valence-electron chi connectivity index (χ0n) is 14.3. The molecule has 0 radical (unpaired) electrons. The molecular weight excluding hydrogens is 328 g/mol. The molecular formula is C17H18N2O6. The van der Waals surface area contributed by atoms with Gasteiger partial charge in [0.2, 0.25) is 0 Å². The number of nitro benzene ring substituents is 1. The molecule has 1 heterocycles. The minimum Gasteiger partial charge on any atom is -0.468 e. The molecule has 25 heavy (non-hydrogen) atoms. The smallest absolute Gasteiger partial charge is 0.336 e. The summed E-state index contributed by atoms with van der Waals surface area (Å²) in [6.45, 7) is 3.29. The molecule has 0 amide bonds. The predicted octanol–water partition coefficient (Wildman–Crippen LogP) is 2.39. The quantitative estimate of drug-likeness (QED) is 0.470. The van der Waals surface area contributed by atoms with Gasteiger partial charge in [-0.25, -0.2) is 4.79 Å². The van der Waals surface area contributed by atoms with Crippen molar-refractivity contribution in [2.45, 2.75) is 19.8 Å². The molecule has 0 saturated heterocycles. The Balaban J connectivity index is 2.70. The Morgan fingerprint density at radius 3 is 2.44 bits per heavy atom. The largest absolute Gasteiger partial charge is 0.468 e. The van der Waals surface area contributed by atoms with Crippen LogP contribution >= 0.6 is 0 Å². The first-order chi connectivity index (χ1) is 11.8. The van der Waals surface area contributed by atoms with Crippen LogP contribution in [0.4, 0.5) is 5.69 Å². The maximum Gasteiger partial charge on any atom is 0.336 e. The van der Waals surface area contributed by atoms with E-state index in [0.717, 1.165) is 0 Å². The molecule has 1 aliphatic heterocycles. The SMILES string of the molecule is COC(=O)C1=C(C)N=C(C)C(C(=O)OC)[C@@H]1c1cccc([N+](=O)[O-])c1. The van der Waals surface area contributed by atoms with Crippen molar-refractivity contribution in [3.63, 3.8) is 0 Å². The zero-order chi connectivity index (χ0) is 18.7. The fourth-order valence-corrected chi connectivity index (χ4v) is 3.04. The Morgan fingerprint density at radius 1 is 1.20 bits per heavy atom. The number of ether oxygens (including phenoxy) is 2. The molecule has 0 spiro atoms. The molecule has 0 N–H and O–H groups in total. The molecule has 0 saturated carbocycles. The summed E-state index contributed by atoms with van der Waals surface area (Å²) in [5, 5.41) is 11.1. The molecule has 2 atom stereocenters. The average molecular weight is 346 g/mol. The van der Waals surface area contributed by atoms with Crippen LogP contribution in [0, 0.1) is 16.0 Å². The average Bonchev–Trinajstić information content (AvgIpc) is 2.59. The van der Waals surface area contributed by atoms with Gasteiger partial charge in [0.15, 0.2) is 0 Å². The third-order valence-corrected chi connectivity index (χ3v) is 4.13. The second kappa shape index (κ2) is 7.25. The van der Waals surface area contributed by atoms with Crippen LogP contribution in [0.3, 0.4) is 0 Å². The lowest BCUT2D eigenvalue weighted by Gasteiger charge is -2.30. The number of allylic oxidation sites excluding steroid dienone is 1. The van der Waals surface area contributed by atoms with E-state index in [1.54, 1.807) is 19.9 Å². The van der Waals surface area contributed by atoms with Gasteiger partial charge in [0.05, 0.1) is 24.7 Å². The summed E-state index contributed by atoms with van der Waals surface area (Å²) in [7, 11) is 2.47. The van der Waals surface area contributed by atoms with Crippen LogP contribution in [0.5, 0.6) is 0 Å². The lowest BCUT2D eigenvalue weighted by atomic mass is 9.75. The van der Waals surface area contributed by atoms with Gasteiger partial charge in [-0.1, -0.05) is 12.1 Å². The highest BCUT2D eigenvalue weighted by Crippen LogP contribution is 2.40. The lowest BCUT2D eigenvalue weighted by molar-refractivity contribution is -0.384. The Hall–Kier alpha value is -3.03. The van der Waals surface area contributed by atoms with Crippen LogP contribution in [0.25, 0.3) is 0 Å². The number of rotatable bonds is 4. The topological polar surface area (TPSA) is 108 Å². The Bertz CT molecular complexity index is 796. The number of carbonyl (C=O) groups is 2. The second-order valence-corrected chi connectivity index (χ2v) is 5.57. The summed E-state index contributed by atoms with van der Waals surface area (Å²) in [6.07, 6.45) is 0. The number of methoxy groups -OCH3 is 2. The van der Waals surface area contributed by atoms with Crippen molar-refractivity contribution >= 4 is 23.3 Å². The highest BCUT2D eigenvalue weighted by atomic mass is 16.6. The minimum atomic E-state index is -0.871. The second-order valence-electron chi connectivity index (χ2n) is 5.57. The molecule has 1 aromatic rings. The van der Waals surface area contributed by atoms with Crippen LogP contribution < -0.4 is 0 Å². The van der Waals surface area contributed by atoms with Crippen molar-refractivity contribution in [3.05, 3.63) is 51.2 Å². The van der Waals surface area contributed by atoms with Crippen molar-refractivity contribution < 1.29 is 24.0 Å². The number of carbonyl (C=O) groups excluding carboxylic acids is 2. The number of benzene rings is 1. The summed E-state index contributed by atoms with van der Waals surface area (Å²) >= 11 is 0. The van der Waals surface area contributed by atoms with Crippen LogP contribution in [-0.4, -0.2) is 36.8 Å². The normalized spacial score (nSPS) is 19.9. The standard InChI is InChI=1S/C17H18N2O6/c1-9-13(16(20)24-3)15(14(10(2)18-9)17(21)25-4)11-6-5-7-12(8-11)19(22)23/h5-8,13,15H,1-4H3/t13?,15-/m0/s1. The van der Waals surface area contributed by atoms with Gasteiger partial charge < -0.3 is 9.47 Å². The van der Waals surface area contributed by atoms with Gasteiger partial charge in [-0.05, 0) is 19.4 Å². The monoisotopic (exact) mass is 346 g/mol. The number of non-ortho nitro benzene ring substituents is 1. The summed E-state index contributed by atoms with van der Waals surface area (Å²) in [5.41, 5.74) is 1.36. The number of hydrogen-bond donors (Lipinski definition) is 0.